The van der Waals surface area contributed by atoms with Crippen molar-refractivity contribution >= 4 is 5.97 Å². The molecule has 1 aliphatic heterocycles. The molecular formula is C16H21F2NO2. The van der Waals surface area contributed by atoms with Gasteiger partial charge in [-0.25, -0.2) is 8.78 Å². The number of benzene rings is 1. The van der Waals surface area contributed by atoms with Crippen LogP contribution < -0.4 is 0 Å². The summed E-state index contributed by atoms with van der Waals surface area (Å²) in [6, 6.07) is 3.54. The number of carboxylic acids is 1. The number of carbonyl (C=O) groups is 1. The number of nitrogens with zero attached hydrogens (tertiary/aromatic N) is 1. The van der Waals surface area contributed by atoms with Gasteiger partial charge in [0.1, 0.15) is 11.6 Å². The smallest absolute Gasteiger partial charge is 0.310 e. The van der Waals surface area contributed by atoms with Crippen LogP contribution in [0, 0.1) is 17.0 Å². The second-order valence-electron chi connectivity index (χ2n) is 5.89. The first-order valence-corrected chi connectivity index (χ1v) is 7.36. The molecule has 1 fully saturated rings. The SMILES string of the molecule is CCCC1(C(=O)O)CCCN(Cc2ccc(F)cc2F)C1. The third-order valence-corrected chi connectivity index (χ3v) is 4.25. The average molecular weight is 297 g/mol. The summed E-state index contributed by atoms with van der Waals surface area (Å²) < 4.78 is 26.6. The zero-order chi connectivity index (χ0) is 15.5. The van der Waals surface area contributed by atoms with Crippen molar-refractivity contribution in [1.82, 2.24) is 4.90 Å². The zero-order valence-electron chi connectivity index (χ0n) is 12.2. The van der Waals surface area contributed by atoms with Gasteiger partial charge in [-0.1, -0.05) is 19.4 Å². The van der Waals surface area contributed by atoms with Crippen molar-refractivity contribution in [2.75, 3.05) is 13.1 Å². The number of hydrogen-bond donors (Lipinski definition) is 1. The van der Waals surface area contributed by atoms with Gasteiger partial charge in [0.2, 0.25) is 0 Å². The van der Waals surface area contributed by atoms with Crippen LogP contribution in [0.1, 0.15) is 38.2 Å². The first kappa shape index (κ1) is 15.9. The summed E-state index contributed by atoms with van der Waals surface area (Å²) >= 11 is 0. The van der Waals surface area contributed by atoms with Crippen molar-refractivity contribution in [3.8, 4) is 0 Å². The Morgan fingerprint density at radius 1 is 1.43 bits per heavy atom. The van der Waals surface area contributed by atoms with Gasteiger partial charge in [0, 0.05) is 24.7 Å². The Balaban J connectivity index is 2.12. The van der Waals surface area contributed by atoms with Crippen LogP contribution in [0.2, 0.25) is 0 Å². The normalized spacial score (nSPS) is 23.2. The average Bonchev–Trinajstić information content (AvgIpc) is 2.42. The van der Waals surface area contributed by atoms with E-state index in [0.717, 1.165) is 25.5 Å². The van der Waals surface area contributed by atoms with Gasteiger partial charge in [0.05, 0.1) is 5.41 Å². The molecule has 1 heterocycles. The Kier molecular flexibility index (Phi) is 4.93. The lowest BCUT2D eigenvalue weighted by Gasteiger charge is -2.40. The molecule has 0 bridgehead atoms. The summed E-state index contributed by atoms with van der Waals surface area (Å²) in [5.74, 6) is -1.94. The van der Waals surface area contributed by atoms with E-state index >= 15 is 0 Å². The largest absolute Gasteiger partial charge is 0.481 e. The molecule has 5 heteroatoms. The van der Waals surface area contributed by atoms with E-state index in [-0.39, 0.29) is 0 Å². The van der Waals surface area contributed by atoms with Crippen molar-refractivity contribution in [2.45, 2.75) is 39.2 Å². The molecule has 0 spiro atoms. The van der Waals surface area contributed by atoms with E-state index in [1.807, 2.05) is 11.8 Å². The van der Waals surface area contributed by atoms with Crippen molar-refractivity contribution < 1.29 is 18.7 Å². The summed E-state index contributed by atoms with van der Waals surface area (Å²) in [5.41, 5.74) is -0.321. The molecule has 1 N–H and O–H groups in total. The minimum atomic E-state index is -0.770. The molecule has 3 nitrogen and oxygen atoms in total. The summed E-state index contributed by atoms with van der Waals surface area (Å²) in [5, 5.41) is 9.54. The molecule has 1 atom stereocenters. The van der Waals surface area contributed by atoms with Crippen LogP contribution in [-0.2, 0) is 11.3 Å². The zero-order valence-corrected chi connectivity index (χ0v) is 12.2. The van der Waals surface area contributed by atoms with Crippen LogP contribution in [-0.4, -0.2) is 29.1 Å². The van der Waals surface area contributed by atoms with Crippen LogP contribution in [0.15, 0.2) is 18.2 Å². The van der Waals surface area contributed by atoms with Crippen LogP contribution in [0.5, 0.6) is 0 Å². The van der Waals surface area contributed by atoms with E-state index in [1.54, 1.807) is 0 Å². The maximum absolute atomic E-state index is 13.7. The highest BCUT2D eigenvalue weighted by atomic mass is 19.1. The minimum absolute atomic E-state index is 0.324. The fourth-order valence-corrected chi connectivity index (χ4v) is 3.22. The van der Waals surface area contributed by atoms with E-state index in [4.69, 9.17) is 0 Å². The fourth-order valence-electron chi connectivity index (χ4n) is 3.22. The van der Waals surface area contributed by atoms with Crippen LogP contribution >= 0.6 is 0 Å². The van der Waals surface area contributed by atoms with E-state index in [1.165, 1.54) is 12.1 Å². The van der Waals surface area contributed by atoms with E-state index < -0.39 is 23.0 Å². The number of rotatable bonds is 5. The topological polar surface area (TPSA) is 40.5 Å². The molecule has 0 aromatic heterocycles. The molecule has 1 aliphatic rings. The maximum atomic E-state index is 13.7. The number of halogens is 2. The second kappa shape index (κ2) is 6.52. The van der Waals surface area contributed by atoms with Gasteiger partial charge in [0.25, 0.3) is 0 Å². The second-order valence-corrected chi connectivity index (χ2v) is 5.89. The van der Waals surface area contributed by atoms with E-state index in [0.29, 0.717) is 31.5 Å². The van der Waals surface area contributed by atoms with Crippen molar-refractivity contribution in [2.24, 2.45) is 5.41 Å². The third-order valence-electron chi connectivity index (χ3n) is 4.25. The molecule has 2 rings (SSSR count). The molecule has 1 aromatic rings. The molecule has 1 saturated heterocycles. The molecule has 0 aliphatic carbocycles. The lowest BCUT2D eigenvalue weighted by Crippen LogP contribution is -2.47. The molecule has 0 radical (unpaired) electrons. The summed E-state index contributed by atoms with van der Waals surface area (Å²) in [6.07, 6.45) is 2.89. The Hall–Kier alpha value is -1.49. The third kappa shape index (κ3) is 3.59. The monoisotopic (exact) mass is 297 g/mol. The number of hydrogen-bond acceptors (Lipinski definition) is 2. The molecule has 0 saturated carbocycles. The van der Waals surface area contributed by atoms with Gasteiger partial charge in [-0.05, 0) is 31.9 Å². The van der Waals surface area contributed by atoms with Crippen LogP contribution in [0.4, 0.5) is 8.78 Å². The number of aliphatic carboxylic acids is 1. The summed E-state index contributed by atoms with van der Waals surface area (Å²) in [6.45, 7) is 3.47. The Morgan fingerprint density at radius 2 is 2.19 bits per heavy atom. The lowest BCUT2D eigenvalue weighted by atomic mass is 9.76. The Labute approximate surface area is 123 Å². The number of carboxylic acid groups (broad SMARTS) is 1. The maximum Gasteiger partial charge on any atom is 0.310 e. The Bertz CT molecular complexity index is 517. The standard InChI is InChI=1S/C16H21F2NO2/c1-2-6-16(15(20)21)7-3-8-19(11-16)10-12-4-5-13(17)9-14(12)18/h4-5,9H,2-3,6-8,10-11H2,1H3,(H,20,21). The fraction of sp³-hybridized carbons (Fsp3) is 0.562. The van der Waals surface area contributed by atoms with Crippen molar-refractivity contribution in [3.63, 3.8) is 0 Å². The van der Waals surface area contributed by atoms with Gasteiger partial charge in [0.15, 0.2) is 0 Å². The quantitative estimate of drug-likeness (QED) is 0.905. The van der Waals surface area contributed by atoms with Gasteiger partial charge < -0.3 is 5.11 Å². The van der Waals surface area contributed by atoms with E-state index in [9.17, 15) is 18.7 Å². The summed E-state index contributed by atoms with van der Waals surface area (Å²) in [7, 11) is 0. The first-order chi connectivity index (χ1) is 9.97. The summed E-state index contributed by atoms with van der Waals surface area (Å²) in [4.78, 5) is 13.6. The minimum Gasteiger partial charge on any atom is -0.481 e. The van der Waals surface area contributed by atoms with Gasteiger partial charge in [-0.15, -0.1) is 0 Å². The van der Waals surface area contributed by atoms with Gasteiger partial charge in [-0.2, -0.15) is 0 Å². The molecule has 116 valence electrons. The highest BCUT2D eigenvalue weighted by Gasteiger charge is 2.41. The predicted octanol–water partition coefficient (Wildman–Crippen LogP) is 3.43. The van der Waals surface area contributed by atoms with Crippen molar-refractivity contribution in [3.05, 3.63) is 35.4 Å². The molecule has 1 aromatic carbocycles. The Morgan fingerprint density at radius 3 is 2.81 bits per heavy atom. The van der Waals surface area contributed by atoms with E-state index in [2.05, 4.69) is 0 Å². The highest BCUT2D eigenvalue weighted by molar-refractivity contribution is 5.75. The molecular weight excluding hydrogens is 276 g/mol. The molecule has 1 unspecified atom stereocenters. The number of piperidine rings is 1. The first-order valence-electron chi connectivity index (χ1n) is 7.36. The van der Waals surface area contributed by atoms with Crippen LogP contribution in [0.3, 0.4) is 0 Å². The van der Waals surface area contributed by atoms with Crippen molar-refractivity contribution in [1.29, 1.82) is 0 Å². The van der Waals surface area contributed by atoms with Gasteiger partial charge in [-0.3, -0.25) is 9.69 Å². The molecule has 0 amide bonds. The van der Waals surface area contributed by atoms with Gasteiger partial charge >= 0.3 is 5.97 Å². The molecule has 21 heavy (non-hydrogen) atoms. The van der Waals surface area contributed by atoms with Crippen LogP contribution in [0.25, 0.3) is 0 Å². The lowest BCUT2D eigenvalue weighted by molar-refractivity contribution is -0.153. The number of likely N-dealkylation sites (tertiary alicyclic amines) is 1. The highest BCUT2D eigenvalue weighted by Crippen LogP contribution is 2.35. The predicted molar refractivity (Wildman–Crippen MR) is 75.8 cm³/mol.